The van der Waals surface area contributed by atoms with E-state index in [1.54, 1.807) is 0 Å². The summed E-state index contributed by atoms with van der Waals surface area (Å²) < 4.78 is 52.8. The van der Waals surface area contributed by atoms with Gasteiger partial charge in [0, 0.05) is 42.8 Å². The number of alkyl halides is 3. The van der Waals surface area contributed by atoms with Crippen molar-refractivity contribution < 1.29 is 46.9 Å². The van der Waals surface area contributed by atoms with Gasteiger partial charge in [-0.15, -0.1) is 0 Å². The molecule has 2 aromatic rings. The molecule has 2 aromatic carbocycles. The first-order chi connectivity index (χ1) is 21.3. The van der Waals surface area contributed by atoms with Gasteiger partial charge in [0.15, 0.2) is 11.5 Å². The van der Waals surface area contributed by atoms with E-state index in [9.17, 15) is 18.3 Å². The van der Waals surface area contributed by atoms with Crippen molar-refractivity contribution in [2.75, 3.05) is 33.9 Å². The van der Waals surface area contributed by atoms with Crippen LogP contribution < -0.4 is 9.84 Å². The number of rotatable bonds is 7. The number of carboxylic acid groups (broad SMARTS) is 1. The maximum Gasteiger partial charge on any atom is 0.430 e. The van der Waals surface area contributed by atoms with E-state index in [2.05, 4.69) is 44.3 Å². The largest absolute Gasteiger partial charge is 0.542 e. The predicted molar refractivity (Wildman–Crippen MR) is 156 cm³/mol. The smallest absolute Gasteiger partial charge is 0.430 e. The number of carbonyl (C=O) groups excluding carboxylic acids is 1. The van der Waals surface area contributed by atoms with Gasteiger partial charge in [-0.05, 0) is 56.2 Å². The normalized spacial score (nSPS) is 36.9. The van der Waals surface area contributed by atoms with Crippen LogP contribution in [0.2, 0.25) is 0 Å². The summed E-state index contributed by atoms with van der Waals surface area (Å²) in [6.45, 7) is 5.96. The summed E-state index contributed by atoms with van der Waals surface area (Å²) in [6.07, 6.45) is 3.11. The highest BCUT2D eigenvalue weighted by molar-refractivity contribution is 5.70. The van der Waals surface area contributed by atoms with E-state index in [1.165, 1.54) is 59.1 Å². The van der Waals surface area contributed by atoms with Crippen LogP contribution in [0.15, 0.2) is 36.4 Å². The lowest BCUT2D eigenvalue weighted by Gasteiger charge is -2.74. The standard InChI is InChI=1S/C33H41NO4.C2HF3O2/c1-21-4-6-23(7-5-21)19-37-20-25-17-31-12-13-33(25,36-3)30-32(31)14-15-34(2,18-22-8-9-22)27(31)16-24-10-11-26(35)29(38-30)28(24)32;3-2(4,5)1(6)7/h4-7,10-11,22,25,27,30H,8-9,12-20H2,1-3H3;(H,6,7)/t25-,27-,30-,31-,32+,33-,34?;/m1./s1. The maximum absolute atomic E-state index is 11.0. The number of likely N-dealkylation sites (tertiary alicyclic amines) is 1. The van der Waals surface area contributed by atoms with Gasteiger partial charge in [0.05, 0.1) is 44.8 Å². The van der Waals surface area contributed by atoms with Crippen LogP contribution in [0.25, 0.3) is 0 Å². The summed E-state index contributed by atoms with van der Waals surface area (Å²) in [5.74, 6) is -0.764. The number of piperidine rings is 1. The summed E-state index contributed by atoms with van der Waals surface area (Å²) in [7, 11) is 4.46. The second kappa shape index (κ2) is 10.3. The summed E-state index contributed by atoms with van der Waals surface area (Å²) >= 11 is 0. The number of hydrogen-bond donors (Lipinski definition) is 1. The number of phenols is 1. The van der Waals surface area contributed by atoms with Gasteiger partial charge in [-0.3, -0.25) is 0 Å². The van der Waals surface area contributed by atoms with Gasteiger partial charge < -0.3 is 33.7 Å². The lowest BCUT2D eigenvalue weighted by Crippen LogP contribution is -2.83. The number of aliphatic carboxylic acids is 1. The fraction of sp³-hybridized carbons (Fsp3) is 0.629. The number of hydrogen-bond acceptors (Lipinski definition) is 6. The molecule has 7 atom stereocenters. The molecule has 244 valence electrons. The molecule has 1 N–H and O–H groups in total. The van der Waals surface area contributed by atoms with E-state index in [0.717, 1.165) is 37.4 Å². The monoisotopic (exact) mass is 629 g/mol. The minimum atomic E-state index is -5.19. The van der Waals surface area contributed by atoms with Gasteiger partial charge >= 0.3 is 6.18 Å². The molecule has 7 nitrogen and oxygen atoms in total. The molecule has 1 unspecified atom stereocenters. The Morgan fingerprint density at radius 2 is 1.84 bits per heavy atom. The van der Waals surface area contributed by atoms with Gasteiger partial charge in [-0.2, -0.15) is 13.2 Å². The fourth-order valence-corrected chi connectivity index (χ4v) is 10.5. The number of quaternary nitrogens is 1. The summed E-state index contributed by atoms with van der Waals surface area (Å²) in [5, 5.41) is 19.8. The molecule has 45 heavy (non-hydrogen) atoms. The zero-order chi connectivity index (χ0) is 32.0. The van der Waals surface area contributed by atoms with Crippen LogP contribution in [-0.4, -0.2) is 73.3 Å². The lowest BCUT2D eigenvalue weighted by molar-refractivity contribution is -0.952. The third kappa shape index (κ3) is 4.45. The number of benzene rings is 2. The number of likely N-dealkylation sites (N-methyl/N-ethyl adjacent to an activating group) is 1. The molecule has 5 aliphatic carbocycles. The second-order valence-electron chi connectivity index (χ2n) is 14.7. The molecule has 2 heterocycles. The molecule has 4 saturated carbocycles. The van der Waals surface area contributed by atoms with Crippen molar-refractivity contribution in [3.8, 4) is 11.5 Å². The van der Waals surface area contributed by atoms with Crippen LogP contribution >= 0.6 is 0 Å². The van der Waals surface area contributed by atoms with Crippen molar-refractivity contribution in [3.05, 3.63) is 58.7 Å². The predicted octanol–water partition coefficient (Wildman–Crippen LogP) is 4.59. The number of carboxylic acids is 1. The number of fused-ring (bicyclic) bond motifs is 2. The minimum Gasteiger partial charge on any atom is -0.542 e. The number of aromatic hydroxyl groups is 1. The number of nitrogens with zero attached hydrogens (tertiary/aromatic N) is 1. The van der Waals surface area contributed by atoms with Gasteiger partial charge in [-0.25, -0.2) is 0 Å². The van der Waals surface area contributed by atoms with E-state index in [4.69, 9.17) is 24.1 Å². The number of phenolic OH excluding ortho intramolecular Hbond substituents is 1. The first kappa shape index (κ1) is 30.8. The Morgan fingerprint density at radius 3 is 2.49 bits per heavy atom. The topological polar surface area (TPSA) is 88.1 Å². The summed E-state index contributed by atoms with van der Waals surface area (Å²) in [4.78, 5) is 8.78. The molecule has 2 aliphatic heterocycles. The SMILES string of the molecule is CO[C@]12CC[C@@]3(C[C@@H]1COCc1ccc(C)cc1)[C@H]1Cc4ccc(O)c5c4[C@@]3(CC[N+]1(C)CC1CC1)[C@H]2O5.O=C([O-])C(F)(F)F. The Kier molecular flexibility index (Phi) is 7.08. The van der Waals surface area contributed by atoms with E-state index in [-0.39, 0.29) is 22.9 Å². The van der Waals surface area contributed by atoms with Crippen LogP contribution in [0.4, 0.5) is 13.2 Å². The molecule has 4 bridgehead atoms. The van der Waals surface area contributed by atoms with Crippen molar-refractivity contribution in [1.82, 2.24) is 0 Å². The molecule has 10 heteroatoms. The number of ether oxygens (including phenoxy) is 3. The summed E-state index contributed by atoms with van der Waals surface area (Å²) in [5.41, 5.74) is 4.96. The summed E-state index contributed by atoms with van der Waals surface area (Å²) in [6, 6.07) is 13.3. The Bertz CT molecular complexity index is 1490. The van der Waals surface area contributed by atoms with E-state index in [1.807, 2.05) is 13.2 Å². The zero-order valence-corrected chi connectivity index (χ0v) is 26.1. The van der Waals surface area contributed by atoms with Gasteiger partial charge in [0.2, 0.25) is 0 Å². The van der Waals surface area contributed by atoms with Crippen molar-refractivity contribution in [2.24, 2.45) is 17.3 Å². The Labute approximate surface area is 261 Å². The average molecular weight is 630 g/mol. The molecule has 0 amide bonds. The second-order valence-corrected chi connectivity index (χ2v) is 14.7. The minimum absolute atomic E-state index is 0.0602. The van der Waals surface area contributed by atoms with Crippen LogP contribution in [-0.2, 0) is 32.7 Å². The Balaban J connectivity index is 0.000000420. The third-order valence-corrected chi connectivity index (χ3v) is 12.5. The Morgan fingerprint density at radius 1 is 1.13 bits per heavy atom. The van der Waals surface area contributed by atoms with Crippen LogP contribution in [0.1, 0.15) is 60.8 Å². The lowest BCUT2D eigenvalue weighted by atomic mass is 9.34. The van der Waals surface area contributed by atoms with Gasteiger partial charge in [0.25, 0.3) is 0 Å². The van der Waals surface area contributed by atoms with Gasteiger partial charge in [-0.1, -0.05) is 35.9 Å². The van der Waals surface area contributed by atoms with Crippen LogP contribution in [0.5, 0.6) is 11.5 Å². The maximum atomic E-state index is 11.0. The van der Waals surface area contributed by atoms with E-state index < -0.39 is 17.7 Å². The van der Waals surface area contributed by atoms with Crippen LogP contribution in [0.3, 0.4) is 0 Å². The highest BCUT2D eigenvalue weighted by atomic mass is 19.4. The van der Waals surface area contributed by atoms with Crippen molar-refractivity contribution in [2.45, 2.75) is 87.8 Å². The number of halogens is 3. The molecule has 9 rings (SSSR count). The molecule has 5 fully saturated rings. The molecular formula is C35H42F3NO6. The highest BCUT2D eigenvalue weighted by Crippen LogP contribution is 2.77. The molecular weight excluding hydrogens is 587 g/mol. The van der Waals surface area contributed by atoms with Crippen molar-refractivity contribution in [3.63, 3.8) is 0 Å². The third-order valence-electron chi connectivity index (χ3n) is 12.5. The van der Waals surface area contributed by atoms with E-state index >= 15 is 0 Å². The van der Waals surface area contributed by atoms with Crippen LogP contribution in [0, 0.1) is 24.2 Å². The number of aryl methyl sites for hydroxylation is 1. The first-order valence-corrected chi connectivity index (χ1v) is 16.1. The molecule has 0 aromatic heterocycles. The van der Waals surface area contributed by atoms with E-state index in [0.29, 0.717) is 25.0 Å². The fourth-order valence-electron chi connectivity index (χ4n) is 10.5. The molecule has 7 aliphatic rings. The molecule has 1 saturated heterocycles. The molecule has 2 spiro atoms. The quantitative estimate of drug-likeness (QED) is 0.452. The number of methoxy groups -OCH3 is 1. The van der Waals surface area contributed by atoms with Crippen molar-refractivity contribution >= 4 is 5.97 Å². The zero-order valence-electron chi connectivity index (χ0n) is 26.1. The van der Waals surface area contributed by atoms with Gasteiger partial charge in [0.1, 0.15) is 17.7 Å². The molecule has 0 radical (unpaired) electrons. The first-order valence-electron chi connectivity index (χ1n) is 16.1. The Hall–Kier alpha value is -2.82. The number of carbonyl (C=O) groups is 1. The highest BCUT2D eigenvalue weighted by Gasteiger charge is 2.83. The average Bonchev–Trinajstić information content (AvgIpc) is 3.73. The van der Waals surface area contributed by atoms with Crippen molar-refractivity contribution in [1.29, 1.82) is 0 Å².